The van der Waals surface area contributed by atoms with E-state index in [1.165, 1.54) is 18.0 Å². The number of nitrogens with zero attached hydrogens (tertiary/aromatic N) is 3. The van der Waals surface area contributed by atoms with Gasteiger partial charge in [-0.05, 0) is 36.8 Å². The molecular weight excluding hydrogens is 471 g/mol. The van der Waals surface area contributed by atoms with Gasteiger partial charge >= 0.3 is 6.09 Å². The van der Waals surface area contributed by atoms with Gasteiger partial charge in [-0.25, -0.2) is 9.18 Å². The number of aromatic amines is 1. The lowest BCUT2D eigenvalue weighted by molar-refractivity contribution is -0.130. The highest BCUT2D eigenvalue weighted by Crippen LogP contribution is 2.31. The number of carboxylic acid groups (broad SMARTS) is 1. The molecule has 2 aromatic carbocycles. The Bertz CT molecular complexity index is 1100. The maximum absolute atomic E-state index is 14.7. The van der Waals surface area contributed by atoms with E-state index in [1.807, 2.05) is 18.2 Å². The molecule has 0 unspecified atom stereocenters. The molecule has 0 atom stereocenters. The summed E-state index contributed by atoms with van der Waals surface area (Å²) in [5.41, 5.74) is 1.70. The van der Waals surface area contributed by atoms with Gasteiger partial charge in [0.15, 0.2) is 0 Å². The highest BCUT2D eigenvalue weighted by Gasteiger charge is 2.15. The summed E-state index contributed by atoms with van der Waals surface area (Å²) >= 11 is 3.40. The number of hydrogen-bond acceptors (Lipinski definition) is 4. The number of ether oxygens (including phenoxy) is 1. The number of H-pyrrole nitrogens is 1. The first-order valence-corrected chi connectivity index (χ1v) is 10.3. The molecule has 3 aromatic rings. The summed E-state index contributed by atoms with van der Waals surface area (Å²) in [4.78, 5) is 25.1. The van der Waals surface area contributed by atoms with Crippen LogP contribution < -0.4 is 4.74 Å². The van der Waals surface area contributed by atoms with Crippen molar-refractivity contribution < 1.29 is 23.8 Å². The molecule has 164 valence electrons. The van der Waals surface area contributed by atoms with Crippen molar-refractivity contribution in [3.05, 3.63) is 46.7 Å². The predicted molar refractivity (Wildman–Crippen MR) is 118 cm³/mol. The Morgan fingerprint density at radius 2 is 1.97 bits per heavy atom. The average molecular weight is 493 g/mol. The standard InChI is InChI=1S/C21H22BrFN4O4/c1-26(19(28)12-27(2)21(29)30)8-3-9-31-14-5-7-15(17(23)11-14)20-16-6-4-13(22)10-18(16)24-25-20/h4-7,10-11H,3,8-9,12H2,1-2H3,(H,24,25)(H,29,30). The van der Waals surface area contributed by atoms with E-state index >= 15 is 0 Å². The van der Waals surface area contributed by atoms with Crippen molar-refractivity contribution in [1.29, 1.82) is 0 Å². The van der Waals surface area contributed by atoms with Crippen molar-refractivity contribution in [3.63, 3.8) is 0 Å². The normalized spacial score (nSPS) is 10.8. The maximum Gasteiger partial charge on any atom is 0.407 e. The molecule has 0 bridgehead atoms. The van der Waals surface area contributed by atoms with E-state index in [2.05, 4.69) is 26.1 Å². The number of fused-ring (bicyclic) bond motifs is 1. The van der Waals surface area contributed by atoms with E-state index in [-0.39, 0.29) is 19.1 Å². The first-order valence-electron chi connectivity index (χ1n) is 9.50. The fourth-order valence-electron chi connectivity index (χ4n) is 2.98. The molecule has 31 heavy (non-hydrogen) atoms. The topological polar surface area (TPSA) is 98.8 Å². The lowest BCUT2D eigenvalue weighted by atomic mass is 10.1. The highest BCUT2D eigenvalue weighted by molar-refractivity contribution is 9.10. The summed E-state index contributed by atoms with van der Waals surface area (Å²) in [5.74, 6) is -0.375. The minimum Gasteiger partial charge on any atom is -0.493 e. The second-order valence-corrected chi connectivity index (χ2v) is 7.98. The van der Waals surface area contributed by atoms with E-state index < -0.39 is 11.9 Å². The van der Waals surface area contributed by atoms with Crippen molar-refractivity contribution in [1.82, 2.24) is 20.0 Å². The van der Waals surface area contributed by atoms with Gasteiger partial charge in [-0.15, -0.1) is 0 Å². The fourth-order valence-corrected chi connectivity index (χ4v) is 3.34. The Morgan fingerprint density at radius 3 is 2.68 bits per heavy atom. The number of rotatable bonds is 8. The van der Waals surface area contributed by atoms with Gasteiger partial charge in [-0.1, -0.05) is 15.9 Å². The molecule has 2 amide bonds. The van der Waals surface area contributed by atoms with E-state index in [4.69, 9.17) is 9.84 Å². The van der Waals surface area contributed by atoms with Gasteiger partial charge < -0.3 is 19.6 Å². The molecule has 0 fully saturated rings. The summed E-state index contributed by atoms with van der Waals surface area (Å²) in [5, 5.41) is 16.8. The highest BCUT2D eigenvalue weighted by atomic mass is 79.9. The van der Waals surface area contributed by atoms with Crippen LogP contribution in [0.1, 0.15) is 6.42 Å². The van der Waals surface area contributed by atoms with Crippen molar-refractivity contribution in [2.24, 2.45) is 0 Å². The smallest absolute Gasteiger partial charge is 0.407 e. The Balaban J connectivity index is 1.55. The molecule has 8 nitrogen and oxygen atoms in total. The van der Waals surface area contributed by atoms with Gasteiger partial charge in [-0.3, -0.25) is 9.89 Å². The summed E-state index contributed by atoms with van der Waals surface area (Å²) in [6.45, 7) is 0.463. The summed E-state index contributed by atoms with van der Waals surface area (Å²) < 4.78 is 21.2. The summed E-state index contributed by atoms with van der Waals surface area (Å²) in [6, 6.07) is 10.2. The Hall–Kier alpha value is -3.14. The number of carbonyl (C=O) groups is 2. The van der Waals surface area contributed by atoms with Crippen LogP contribution >= 0.6 is 15.9 Å². The zero-order valence-corrected chi connectivity index (χ0v) is 18.6. The van der Waals surface area contributed by atoms with Crippen LogP contribution in [0, 0.1) is 5.82 Å². The lowest BCUT2D eigenvalue weighted by Crippen LogP contribution is -2.39. The van der Waals surface area contributed by atoms with Gasteiger partial charge in [-0.2, -0.15) is 5.10 Å². The van der Waals surface area contributed by atoms with Crippen molar-refractivity contribution >= 4 is 38.8 Å². The molecule has 3 rings (SSSR count). The van der Waals surface area contributed by atoms with E-state index in [0.717, 1.165) is 20.3 Å². The molecule has 0 radical (unpaired) electrons. The van der Waals surface area contributed by atoms with E-state index in [1.54, 1.807) is 19.2 Å². The molecule has 1 aromatic heterocycles. The number of nitrogens with one attached hydrogen (secondary N) is 1. The maximum atomic E-state index is 14.7. The number of benzene rings is 2. The number of carbonyl (C=O) groups excluding carboxylic acids is 1. The number of likely N-dealkylation sites (N-methyl/N-ethyl adjacent to an activating group) is 2. The number of halogens is 2. The van der Waals surface area contributed by atoms with Crippen LogP contribution in [0.15, 0.2) is 40.9 Å². The minimum absolute atomic E-state index is 0.210. The molecule has 0 saturated heterocycles. The van der Waals surface area contributed by atoms with Gasteiger partial charge in [0.1, 0.15) is 23.8 Å². The van der Waals surface area contributed by atoms with Crippen molar-refractivity contribution in [2.75, 3.05) is 33.8 Å². The molecule has 0 aliphatic carbocycles. The second kappa shape index (κ2) is 9.78. The first kappa shape index (κ1) is 22.5. The second-order valence-electron chi connectivity index (χ2n) is 7.06. The molecule has 0 spiro atoms. The molecular formula is C21H22BrFN4O4. The first-order chi connectivity index (χ1) is 14.8. The molecule has 1 heterocycles. The molecule has 0 aliphatic rings. The Labute approximate surface area is 186 Å². The molecule has 10 heteroatoms. The number of amides is 2. The van der Waals surface area contributed by atoms with Crippen molar-refractivity contribution in [2.45, 2.75) is 6.42 Å². The van der Waals surface area contributed by atoms with Crippen LogP contribution in [-0.2, 0) is 4.79 Å². The fraction of sp³-hybridized carbons (Fsp3) is 0.286. The zero-order valence-electron chi connectivity index (χ0n) is 17.1. The largest absolute Gasteiger partial charge is 0.493 e. The monoisotopic (exact) mass is 492 g/mol. The van der Waals surface area contributed by atoms with Gasteiger partial charge in [0.05, 0.1) is 12.1 Å². The predicted octanol–water partition coefficient (Wildman–Crippen LogP) is 3.97. The molecule has 0 aliphatic heterocycles. The quantitative estimate of drug-likeness (QED) is 0.463. The lowest BCUT2D eigenvalue weighted by Gasteiger charge is -2.20. The number of hydrogen-bond donors (Lipinski definition) is 2. The van der Waals surface area contributed by atoms with Crippen LogP contribution in [-0.4, -0.2) is 70.9 Å². The Morgan fingerprint density at radius 1 is 1.19 bits per heavy atom. The number of aromatic nitrogens is 2. The molecule has 0 saturated carbocycles. The van der Waals surface area contributed by atoms with E-state index in [0.29, 0.717) is 30.0 Å². The van der Waals surface area contributed by atoms with Crippen LogP contribution in [0.2, 0.25) is 0 Å². The SMILES string of the molecule is CN(CC(=O)N(C)CCCOc1ccc(-c2n[nH]c3cc(Br)ccc23)c(F)c1)C(=O)O. The van der Waals surface area contributed by atoms with Gasteiger partial charge in [0.2, 0.25) is 5.91 Å². The molecule has 2 N–H and O–H groups in total. The zero-order chi connectivity index (χ0) is 22.5. The van der Waals surface area contributed by atoms with Crippen molar-refractivity contribution in [3.8, 4) is 17.0 Å². The van der Waals surface area contributed by atoms with Gasteiger partial charge in [0.25, 0.3) is 0 Å². The Kier molecular flexibility index (Phi) is 7.11. The third-order valence-electron chi connectivity index (χ3n) is 4.75. The third-order valence-corrected chi connectivity index (χ3v) is 5.25. The average Bonchev–Trinajstić information content (AvgIpc) is 3.13. The van der Waals surface area contributed by atoms with Crippen LogP contribution in [0.5, 0.6) is 5.75 Å². The van der Waals surface area contributed by atoms with Crippen LogP contribution in [0.25, 0.3) is 22.2 Å². The minimum atomic E-state index is -1.16. The van der Waals surface area contributed by atoms with Crippen LogP contribution in [0.3, 0.4) is 0 Å². The summed E-state index contributed by atoms with van der Waals surface area (Å²) in [6.07, 6.45) is -0.646. The summed E-state index contributed by atoms with van der Waals surface area (Å²) in [7, 11) is 2.93. The third kappa shape index (κ3) is 5.52. The van der Waals surface area contributed by atoms with E-state index in [9.17, 15) is 14.0 Å². The van der Waals surface area contributed by atoms with Gasteiger partial charge in [0, 0.05) is 42.1 Å². The van der Waals surface area contributed by atoms with Crippen LogP contribution in [0.4, 0.5) is 9.18 Å².